The Morgan fingerprint density at radius 1 is 1.30 bits per heavy atom. The Morgan fingerprint density at radius 3 is 2.67 bits per heavy atom. The summed E-state index contributed by atoms with van der Waals surface area (Å²) >= 11 is 0. The van der Waals surface area contributed by atoms with Gasteiger partial charge in [-0.05, 0) is 56.7 Å². The normalized spacial score (nSPS) is 26.9. The molecule has 2 bridgehead atoms. The zero-order valence-electron chi connectivity index (χ0n) is 15.3. The maximum absolute atomic E-state index is 14.6. The molecule has 1 aromatic carbocycles. The van der Waals surface area contributed by atoms with Crippen LogP contribution in [0.1, 0.15) is 37.7 Å². The van der Waals surface area contributed by atoms with E-state index < -0.39 is 11.6 Å². The van der Waals surface area contributed by atoms with Crippen LogP contribution in [0.3, 0.4) is 0 Å². The van der Waals surface area contributed by atoms with Gasteiger partial charge in [0.05, 0.1) is 30.4 Å². The van der Waals surface area contributed by atoms with Crippen molar-refractivity contribution in [2.75, 3.05) is 13.7 Å². The first kappa shape index (κ1) is 18.0. The van der Waals surface area contributed by atoms with Crippen molar-refractivity contribution in [2.24, 2.45) is 0 Å². The summed E-state index contributed by atoms with van der Waals surface area (Å²) in [5, 5.41) is 12.5. The molecule has 2 saturated heterocycles. The van der Waals surface area contributed by atoms with Gasteiger partial charge in [-0.15, -0.1) is 0 Å². The molecular formula is C20H23FN2O4. The summed E-state index contributed by atoms with van der Waals surface area (Å²) in [5.74, 6) is 0.191. The second kappa shape index (κ2) is 6.64. The van der Waals surface area contributed by atoms with Crippen molar-refractivity contribution in [3.63, 3.8) is 0 Å². The molecule has 1 amide bonds. The lowest BCUT2D eigenvalue weighted by atomic mass is 9.69. The first-order valence-corrected chi connectivity index (χ1v) is 9.22. The van der Waals surface area contributed by atoms with E-state index in [-0.39, 0.29) is 11.4 Å². The number of aryl methyl sites for hydroxylation is 1. The quantitative estimate of drug-likeness (QED) is 0.835. The summed E-state index contributed by atoms with van der Waals surface area (Å²) in [4.78, 5) is 15.5. The number of hydrogen-bond donors (Lipinski definition) is 2. The lowest BCUT2D eigenvalue weighted by Gasteiger charge is -2.53. The van der Waals surface area contributed by atoms with Crippen molar-refractivity contribution in [3.8, 4) is 5.88 Å². The molecule has 1 aliphatic carbocycles. The average Bonchev–Trinajstić information content (AvgIpc) is 2.67. The van der Waals surface area contributed by atoms with Gasteiger partial charge in [0.2, 0.25) is 5.88 Å². The highest BCUT2D eigenvalue weighted by Crippen LogP contribution is 2.46. The number of rotatable bonds is 5. The molecule has 0 radical (unpaired) electrons. The molecule has 3 fully saturated rings. The third-order valence-electron chi connectivity index (χ3n) is 6.07. The molecule has 7 heteroatoms. The van der Waals surface area contributed by atoms with Crippen molar-refractivity contribution in [2.45, 2.75) is 49.7 Å². The third-order valence-corrected chi connectivity index (χ3v) is 6.07. The molecule has 0 atom stereocenters. The molecule has 2 N–H and O–H groups in total. The van der Waals surface area contributed by atoms with Gasteiger partial charge in [0, 0.05) is 17.0 Å². The van der Waals surface area contributed by atoms with Gasteiger partial charge in [0.15, 0.2) is 0 Å². The zero-order valence-corrected chi connectivity index (χ0v) is 15.3. The number of methoxy groups -OCH3 is 1. The van der Waals surface area contributed by atoms with Crippen molar-refractivity contribution < 1.29 is 23.8 Å². The fourth-order valence-corrected chi connectivity index (χ4v) is 4.38. The number of hydrogen-bond acceptors (Lipinski definition) is 4. The molecule has 6 nitrogen and oxygen atoms in total. The zero-order chi connectivity index (χ0) is 19.1. The van der Waals surface area contributed by atoms with E-state index >= 15 is 0 Å². The number of fused-ring (bicyclic) bond motifs is 4. The Labute approximate surface area is 156 Å². The van der Waals surface area contributed by atoms with Gasteiger partial charge in [-0.3, -0.25) is 0 Å². The molecule has 144 valence electrons. The summed E-state index contributed by atoms with van der Waals surface area (Å²) in [6.07, 6.45) is 3.25. The topological polar surface area (TPSA) is 80.7 Å². The van der Waals surface area contributed by atoms with E-state index in [0.29, 0.717) is 36.4 Å². The van der Waals surface area contributed by atoms with Crippen LogP contribution in [0.25, 0.3) is 10.9 Å². The average molecular weight is 374 g/mol. The van der Waals surface area contributed by atoms with E-state index in [1.54, 1.807) is 19.2 Å². The summed E-state index contributed by atoms with van der Waals surface area (Å²) in [5.41, 5.74) is 0.428. The fourth-order valence-electron chi connectivity index (χ4n) is 4.38. The predicted octanol–water partition coefficient (Wildman–Crippen LogP) is 3.66. The Hall–Kier alpha value is -2.41. The minimum absolute atomic E-state index is 0.270. The van der Waals surface area contributed by atoms with E-state index in [1.165, 1.54) is 6.07 Å². The molecule has 27 heavy (non-hydrogen) atoms. The van der Waals surface area contributed by atoms with Crippen molar-refractivity contribution in [1.29, 1.82) is 0 Å². The highest BCUT2D eigenvalue weighted by Gasteiger charge is 2.50. The van der Waals surface area contributed by atoms with Gasteiger partial charge >= 0.3 is 6.09 Å². The van der Waals surface area contributed by atoms with Gasteiger partial charge < -0.3 is 19.9 Å². The molecule has 1 saturated carbocycles. The number of pyridine rings is 1. The van der Waals surface area contributed by atoms with Crippen molar-refractivity contribution >= 4 is 17.0 Å². The summed E-state index contributed by atoms with van der Waals surface area (Å²) < 4.78 is 25.8. The smallest absolute Gasteiger partial charge is 0.405 e. The van der Waals surface area contributed by atoms with Gasteiger partial charge in [-0.1, -0.05) is 0 Å². The largest absolute Gasteiger partial charge is 0.481 e. The molecule has 0 unspecified atom stereocenters. The highest BCUT2D eigenvalue weighted by atomic mass is 19.1. The van der Waals surface area contributed by atoms with Crippen LogP contribution in [-0.4, -0.2) is 41.0 Å². The number of nitrogens with one attached hydrogen (secondary N) is 1. The molecular weight excluding hydrogens is 351 g/mol. The fraction of sp³-hybridized carbons (Fsp3) is 0.500. The molecule has 2 aliphatic heterocycles. The third kappa shape index (κ3) is 3.32. The monoisotopic (exact) mass is 374 g/mol. The van der Waals surface area contributed by atoms with E-state index in [0.717, 1.165) is 31.1 Å². The molecule has 5 rings (SSSR count). The van der Waals surface area contributed by atoms with E-state index in [1.807, 2.05) is 6.07 Å². The van der Waals surface area contributed by atoms with Crippen LogP contribution in [0.15, 0.2) is 24.3 Å². The number of nitrogens with zero attached hydrogens (tertiary/aromatic N) is 1. The number of benzene rings is 1. The first-order chi connectivity index (χ1) is 12.9. The minimum atomic E-state index is -1.01. The Kier molecular flexibility index (Phi) is 4.42. The molecule has 1 aromatic heterocycles. The first-order valence-electron chi connectivity index (χ1n) is 9.22. The molecule has 0 spiro atoms. The summed E-state index contributed by atoms with van der Waals surface area (Å²) in [6.45, 7) is 0.378. The number of halogens is 1. The second-order valence-electron chi connectivity index (χ2n) is 7.63. The Balaban J connectivity index is 1.53. The van der Waals surface area contributed by atoms with Crippen molar-refractivity contribution in [1.82, 2.24) is 10.3 Å². The van der Waals surface area contributed by atoms with Crippen LogP contribution < -0.4 is 10.1 Å². The lowest BCUT2D eigenvalue weighted by molar-refractivity contribution is -0.162. The minimum Gasteiger partial charge on any atom is -0.481 e. The maximum Gasteiger partial charge on any atom is 0.405 e. The molecule has 2 aromatic rings. The number of amides is 1. The number of carbonyl (C=O) groups is 1. The number of ether oxygens (including phenoxy) is 2. The van der Waals surface area contributed by atoms with E-state index in [2.05, 4.69) is 10.3 Å². The SMILES string of the molecule is COc1ccc2ccc(F)c(CCC34CCC(NC(=O)O)(CC3)CO4)c2n1. The second-order valence-corrected chi connectivity index (χ2v) is 7.63. The van der Waals surface area contributed by atoms with Gasteiger partial charge in [0.25, 0.3) is 0 Å². The van der Waals surface area contributed by atoms with Crippen LogP contribution in [-0.2, 0) is 11.2 Å². The lowest BCUT2D eigenvalue weighted by Crippen LogP contribution is -2.62. The van der Waals surface area contributed by atoms with Crippen LogP contribution in [0, 0.1) is 5.82 Å². The van der Waals surface area contributed by atoms with Gasteiger partial charge in [0.1, 0.15) is 5.82 Å². The van der Waals surface area contributed by atoms with Crippen LogP contribution in [0.4, 0.5) is 9.18 Å². The van der Waals surface area contributed by atoms with Gasteiger partial charge in [-0.25, -0.2) is 14.2 Å². The maximum atomic E-state index is 14.6. The van der Waals surface area contributed by atoms with E-state index in [4.69, 9.17) is 14.6 Å². The highest BCUT2D eigenvalue weighted by molar-refractivity contribution is 5.82. The number of carboxylic acid groups (broad SMARTS) is 1. The standard InChI is InChI=1S/C20H23FN2O4/c1-26-16-5-3-13-2-4-15(21)14(17(13)22-16)6-7-20-10-8-19(9-11-20,12-27-20)23-18(24)25/h2-5,23H,6-12H2,1H3,(H,24,25). The van der Waals surface area contributed by atoms with Crippen molar-refractivity contribution in [3.05, 3.63) is 35.6 Å². The molecule has 3 heterocycles. The summed E-state index contributed by atoms with van der Waals surface area (Å²) in [6, 6.07) is 6.85. The summed E-state index contributed by atoms with van der Waals surface area (Å²) in [7, 11) is 1.54. The van der Waals surface area contributed by atoms with Crippen LogP contribution in [0.5, 0.6) is 5.88 Å². The van der Waals surface area contributed by atoms with Gasteiger partial charge in [-0.2, -0.15) is 0 Å². The Bertz CT molecular complexity index is 861. The van der Waals surface area contributed by atoms with E-state index in [9.17, 15) is 9.18 Å². The Morgan fingerprint density at radius 2 is 2.04 bits per heavy atom. The van der Waals surface area contributed by atoms with Crippen LogP contribution in [0.2, 0.25) is 0 Å². The number of aromatic nitrogens is 1. The van der Waals surface area contributed by atoms with Crippen LogP contribution >= 0.6 is 0 Å². The predicted molar refractivity (Wildman–Crippen MR) is 97.6 cm³/mol. The molecule has 3 aliphatic rings.